The molecule has 18 heavy (non-hydrogen) atoms. The van der Waals surface area contributed by atoms with Crippen molar-refractivity contribution in [1.82, 2.24) is 10.2 Å². The number of hydrogen-bond acceptors (Lipinski definition) is 5. The molecule has 1 saturated heterocycles. The number of carbonyl (C=O) groups excluding carboxylic acids is 1. The second-order valence-electron chi connectivity index (χ2n) is 5.37. The van der Waals surface area contributed by atoms with Gasteiger partial charge in [0.25, 0.3) is 0 Å². The van der Waals surface area contributed by atoms with Crippen molar-refractivity contribution in [3.05, 3.63) is 0 Å². The van der Waals surface area contributed by atoms with Gasteiger partial charge in [-0.1, -0.05) is 12.8 Å². The first-order chi connectivity index (χ1) is 8.79. The third-order valence-corrected chi connectivity index (χ3v) is 4.21. The van der Waals surface area contributed by atoms with Gasteiger partial charge in [0, 0.05) is 12.6 Å². The first kappa shape index (κ1) is 11.8. The summed E-state index contributed by atoms with van der Waals surface area (Å²) in [6, 6.07) is 1.08. The largest absolute Gasteiger partial charge is 0.466 e. The van der Waals surface area contributed by atoms with E-state index in [-0.39, 0.29) is 11.9 Å². The van der Waals surface area contributed by atoms with Crippen molar-refractivity contribution in [1.29, 1.82) is 0 Å². The predicted octanol–water partition coefficient (Wildman–Crippen LogP) is 0.752. The molecule has 0 spiro atoms. The van der Waals surface area contributed by atoms with E-state index in [1.54, 1.807) is 0 Å². The summed E-state index contributed by atoms with van der Waals surface area (Å²) in [7, 11) is 0. The van der Waals surface area contributed by atoms with Crippen LogP contribution >= 0.6 is 0 Å². The lowest BCUT2D eigenvalue weighted by atomic mass is 9.90. The number of aliphatic imine (C=N–C) groups is 1. The van der Waals surface area contributed by atoms with E-state index in [4.69, 9.17) is 4.74 Å². The predicted molar refractivity (Wildman–Crippen MR) is 68.3 cm³/mol. The van der Waals surface area contributed by atoms with E-state index in [1.165, 1.54) is 25.7 Å². The van der Waals surface area contributed by atoms with Crippen LogP contribution in [0.4, 0.5) is 0 Å². The average Bonchev–Trinajstić information content (AvgIpc) is 2.76. The molecule has 0 bridgehead atoms. The average molecular weight is 251 g/mol. The normalized spacial score (nSPS) is 34.2. The van der Waals surface area contributed by atoms with Gasteiger partial charge in [-0.25, -0.2) is 0 Å². The van der Waals surface area contributed by atoms with Gasteiger partial charge in [0.15, 0.2) is 5.96 Å². The number of nitrogens with one attached hydrogen (secondary N) is 1. The quantitative estimate of drug-likeness (QED) is 0.736. The van der Waals surface area contributed by atoms with Gasteiger partial charge in [0.1, 0.15) is 0 Å². The molecule has 5 heteroatoms. The Morgan fingerprint density at radius 2 is 2.33 bits per heavy atom. The van der Waals surface area contributed by atoms with Crippen LogP contribution < -0.4 is 5.32 Å². The van der Waals surface area contributed by atoms with Crippen LogP contribution in [0.5, 0.6) is 0 Å². The Morgan fingerprint density at radius 1 is 1.50 bits per heavy atom. The fraction of sp³-hybridized carbons (Fsp3) is 0.846. The van der Waals surface area contributed by atoms with Gasteiger partial charge in [-0.2, -0.15) is 0 Å². The number of rotatable bonds is 2. The second kappa shape index (κ2) is 4.78. The van der Waals surface area contributed by atoms with Gasteiger partial charge in [-0.3, -0.25) is 9.79 Å². The number of esters is 1. The zero-order valence-corrected chi connectivity index (χ0v) is 10.9. The maximum absolute atomic E-state index is 11.8. The highest BCUT2D eigenvalue weighted by Crippen LogP contribution is 2.30. The van der Waals surface area contributed by atoms with Crippen molar-refractivity contribution < 1.29 is 9.53 Å². The van der Waals surface area contributed by atoms with Gasteiger partial charge in [-0.15, -0.1) is 0 Å². The summed E-state index contributed by atoms with van der Waals surface area (Å²) in [5, 5.41) is 3.51. The number of guanidine groups is 1. The zero-order chi connectivity index (χ0) is 12.5. The molecule has 0 aromatic carbocycles. The molecule has 0 aromatic rings. The van der Waals surface area contributed by atoms with Crippen LogP contribution in [-0.2, 0) is 9.53 Å². The number of fused-ring (bicyclic) bond motifs is 3. The van der Waals surface area contributed by atoms with Crippen LogP contribution in [0, 0.1) is 5.92 Å². The topological polar surface area (TPSA) is 53.9 Å². The van der Waals surface area contributed by atoms with Crippen molar-refractivity contribution in [2.45, 2.75) is 44.7 Å². The van der Waals surface area contributed by atoms with Crippen molar-refractivity contribution in [3.8, 4) is 0 Å². The van der Waals surface area contributed by atoms with Crippen molar-refractivity contribution >= 4 is 11.9 Å². The maximum atomic E-state index is 11.8. The Morgan fingerprint density at radius 3 is 3.17 bits per heavy atom. The smallest absolute Gasteiger partial charge is 0.312 e. The Hall–Kier alpha value is -1.26. The van der Waals surface area contributed by atoms with Gasteiger partial charge in [-0.05, 0) is 19.8 Å². The summed E-state index contributed by atoms with van der Waals surface area (Å²) in [4.78, 5) is 18.6. The van der Waals surface area contributed by atoms with Gasteiger partial charge < -0.3 is 15.0 Å². The fourth-order valence-corrected chi connectivity index (χ4v) is 3.32. The third kappa shape index (κ3) is 1.95. The molecule has 3 unspecified atom stereocenters. The Kier molecular flexibility index (Phi) is 3.14. The fourth-order valence-electron chi connectivity index (χ4n) is 3.32. The van der Waals surface area contributed by atoms with Crippen LogP contribution in [0.25, 0.3) is 0 Å². The number of hydrogen-bond donors (Lipinski definition) is 1. The number of ether oxygens (including phenoxy) is 1. The minimum Gasteiger partial charge on any atom is -0.466 e. The lowest BCUT2D eigenvalue weighted by Crippen LogP contribution is -2.46. The van der Waals surface area contributed by atoms with Crippen LogP contribution in [0.15, 0.2) is 4.99 Å². The minimum atomic E-state index is -0.0976. The molecule has 0 radical (unpaired) electrons. The molecule has 2 aliphatic heterocycles. The lowest BCUT2D eigenvalue weighted by molar-refractivity contribution is -0.148. The van der Waals surface area contributed by atoms with Crippen molar-refractivity contribution in [2.24, 2.45) is 10.9 Å². The monoisotopic (exact) mass is 251 g/mol. The molecule has 1 aliphatic carbocycles. The molecule has 0 aromatic heterocycles. The van der Waals surface area contributed by atoms with Crippen LogP contribution in [0.3, 0.4) is 0 Å². The van der Waals surface area contributed by atoms with Crippen LogP contribution in [0.1, 0.15) is 32.6 Å². The molecule has 1 saturated carbocycles. The van der Waals surface area contributed by atoms with E-state index in [1.807, 2.05) is 6.92 Å². The van der Waals surface area contributed by atoms with Crippen LogP contribution in [-0.4, -0.2) is 48.6 Å². The maximum Gasteiger partial charge on any atom is 0.312 e. The number of carbonyl (C=O) groups is 1. The zero-order valence-electron chi connectivity index (χ0n) is 10.9. The highest BCUT2D eigenvalue weighted by molar-refractivity contribution is 5.85. The molecule has 5 nitrogen and oxygen atoms in total. The molecule has 3 atom stereocenters. The summed E-state index contributed by atoms with van der Waals surface area (Å²) in [6.07, 6.45) is 5.03. The van der Waals surface area contributed by atoms with Crippen molar-refractivity contribution in [3.63, 3.8) is 0 Å². The van der Waals surface area contributed by atoms with E-state index < -0.39 is 0 Å². The van der Waals surface area contributed by atoms with E-state index in [0.29, 0.717) is 25.2 Å². The van der Waals surface area contributed by atoms with E-state index in [2.05, 4.69) is 15.2 Å². The molecule has 3 rings (SSSR count). The summed E-state index contributed by atoms with van der Waals surface area (Å²) >= 11 is 0. The first-order valence-corrected chi connectivity index (χ1v) is 7.04. The highest BCUT2D eigenvalue weighted by Gasteiger charge is 2.42. The number of nitrogens with zero attached hydrogens (tertiary/aromatic N) is 2. The Labute approximate surface area is 108 Å². The second-order valence-corrected chi connectivity index (χ2v) is 5.37. The lowest BCUT2D eigenvalue weighted by Gasteiger charge is -2.34. The van der Waals surface area contributed by atoms with E-state index >= 15 is 0 Å². The Balaban J connectivity index is 1.70. The molecule has 2 heterocycles. The van der Waals surface area contributed by atoms with Crippen LogP contribution in [0.2, 0.25) is 0 Å². The molecule has 3 aliphatic rings. The van der Waals surface area contributed by atoms with E-state index in [9.17, 15) is 4.79 Å². The van der Waals surface area contributed by atoms with Gasteiger partial charge in [0.05, 0.1) is 25.1 Å². The molecule has 100 valence electrons. The standard InChI is InChI=1S/C13H21N3O2/c1-2-18-12(17)9-7-14-13-15-10-5-3-4-6-11(10)16(13)8-9/h9-11H,2-8H2,1H3,(H,14,15). The summed E-state index contributed by atoms with van der Waals surface area (Å²) in [5.41, 5.74) is 0. The summed E-state index contributed by atoms with van der Waals surface area (Å²) in [5.74, 6) is 0.822. The molecule has 2 fully saturated rings. The molecule has 1 N–H and O–H groups in total. The summed E-state index contributed by atoms with van der Waals surface area (Å²) in [6.45, 7) is 3.64. The van der Waals surface area contributed by atoms with Gasteiger partial charge in [0.2, 0.25) is 0 Å². The van der Waals surface area contributed by atoms with E-state index in [0.717, 1.165) is 12.5 Å². The SMILES string of the molecule is CCOC(=O)C1CN=C2NC3CCCCC3N2C1. The van der Waals surface area contributed by atoms with Gasteiger partial charge >= 0.3 is 5.97 Å². The Bertz CT molecular complexity index is 369. The molecular weight excluding hydrogens is 230 g/mol. The summed E-state index contributed by atoms with van der Waals surface area (Å²) < 4.78 is 5.11. The molecule has 0 amide bonds. The van der Waals surface area contributed by atoms with Crippen molar-refractivity contribution in [2.75, 3.05) is 19.7 Å². The third-order valence-electron chi connectivity index (χ3n) is 4.21. The minimum absolute atomic E-state index is 0.0869. The highest BCUT2D eigenvalue weighted by atomic mass is 16.5. The first-order valence-electron chi connectivity index (χ1n) is 7.04. The molecular formula is C13H21N3O2.